The minimum Gasteiger partial charge on any atom is -0.425 e. The quantitative estimate of drug-likeness (QED) is 0.551. The molecular formula is C9H17NO4. The van der Waals surface area contributed by atoms with Crippen LogP contribution in [0, 0.1) is 11.8 Å². The van der Waals surface area contributed by atoms with Crippen molar-refractivity contribution < 1.29 is 19.1 Å². The average Bonchev–Trinajstić information content (AvgIpc) is 2.01. The van der Waals surface area contributed by atoms with Gasteiger partial charge in [0.2, 0.25) is 0 Å². The van der Waals surface area contributed by atoms with Crippen LogP contribution in [-0.2, 0) is 14.3 Å². The highest BCUT2D eigenvalue weighted by atomic mass is 16.7. The Balaban J connectivity index is 4.23. The summed E-state index contributed by atoms with van der Waals surface area (Å²) in [6, 6.07) is 0. The molecule has 0 aliphatic heterocycles. The van der Waals surface area contributed by atoms with Crippen molar-refractivity contribution in [3.05, 3.63) is 0 Å². The molecule has 0 aromatic rings. The number of primary amides is 1. The van der Waals surface area contributed by atoms with Crippen molar-refractivity contribution in [2.24, 2.45) is 17.6 Å². The maximum absolute atomic E-state index is 11.2. The van der Waals surface area contributed by atoms with Crippen molar-refractivity contribution in [1.82, 2.24) is 0 Å². The molecule has 1 amide bonds. The summed E-state index contributed by atoms with van der Waals surface area (Å²) < 4.78 is 9.55. The lowest BCUT2D eigenvalue weighted by Gasteiger charge is -2.21. The van der Waals surface area contributed by atoms with E-state index < -0.39 is 18.4 Å². The predicted molar refractivity (Wildman–Crippen MR) is 50.2 cm³/mol. The van der Waals surface area contributed by atoms with Gasteiger partial charge in [0.25, 0.3) is 6.29 Å². The van der Waals surface area contributed by atoms with Gasteiger partial charge in [-0.05, 0) is 0 Å². The number of carbonyl (C=O) groups excluding carboxylic acids is 2. The van der Waals surface area contributed by atoms with Gasteiger partial charge < -0.3 is 15.2 Å². The van der Waals surface area contributed by atoms with E-state index in [4.69, 9.17) is 10.5 Å². The summed E-state index contributed by atoms with van der Waals surface area (Å²) in [6.45, 7) is 6.93. The first-order valence-corrected chi connectivity index (χ1v) is 4.51. The van der Waals surface area contributed by atoms with Gasteiger partial charge in [-0.1, -0.05) is 27.7 Å². The van der Waals surface area contributed by atoms with E-state index in [0.717, 1.165) is 0 Å². The van der Waals surface area contributed by atoms with Crippen molar-refractivity contribution in [2.75, 3.05) is 0 Å². The number of carbonyl (C=O) groups is 2. The number of esters is 1. The van der Waals surface area contributed by atoms with Crippen molar-refractivity contribution in [2.45, 2.75) is 34.0 Å². The first-order chi connectivity index (χ1) is 6.34. The molecule has 0 aliphatic carbocycles. The van der Waals surface area contributed by atoms with Crippen LogP contribution in [0.1, 0.15) is 27.7 Å². The van der Waals surface area contributed by atoms with Gasteiger partial charge in [0.15, 0.2) is 0 Å². The van der Waals surface area contributed by atoms with Gasteiger partial charge in [0.1, 0.15) is 0 Å². The van der Waals surface area contributed by atoms with E-state index in [1.54, 1.807) is 27.7 Å². The van der Waals surface area contributed by atoms with Gasteiger partial charge in [-0.3, -0.25) is 4.79 Å². The van der Waals surface area contributed by atoms with Crippen LogP contribution >= 0.6 is 0 Å². The third-order valence-electron chi connectivity index (χ3n) is 1.48. The molecule has 2 N–H and O–H groups in total. The van der Waals surface area contributed by atoms with E-state index >= 15 is 0 Å². The second-order valence-electron chi connectivity index (χ2n) is 3.64. The van der Waals surface area contributed by atoms with Gasteiger partial charge in [0.05, 0.1) is 5.92 Å². The Bertz CT molecular complexity index is 213. The molecule has 5 heteroatoms. The lowest BCUT2D eigenvalue weighted by atomic mass is 10.2. The van der Waals surface area contributed by atoms with Crippen molar-refractivity contribution in [3.8, 4) is 0 Å². The number of amides is 1. The number of rotatable bonds is 4. The third kappa shape index (κ3) is 4.69. The summed E-state index contributed by atoms with van der Waals surface area (Å²) >= 11 is 0. The maximum atomic E-state index is 11.2. The summed E-state index contributed by atoms with van der Waals surface area (Å²) in [5, 5.41) is 0. The van der Waals surface area contributed by atoms with Gasteiger partial charge in [-0.2, -0.15) is 0 Å². The van der Waals surface area contributed by atoms with Gasteiger partial charge in [0, 0.05) is 5.92 Å². The first-order valence-electron chi connectivity index (χ1n) is 4.51. The minimum atomic E-state index is -0.944. The fraction of sp³-hybridized carbons (Fsp3) is 0.778. The fourth-order valence-corrected chi connectivity index (χ4v) is 0.661. The average molecular weight is 203 g/mol. The van der Waals surface area contributed by atoms with Gasteiger partial charge >= 0.3 is 12.1 Å². The summed E-state index contributed by atoms with van der Waals surface area (Å²) in [4.78, 5) is 21.7. The van der Waals surface area contributed by atoms with Crippen LogP contribution < -0.4 is 5.73 Å². The minimum absolute atomic E-state index is 0.120. The van der Waals surface area contributed by atoms with Crippen LogP contribution in [0.4, 0.5) is 4.79 Å². The van der Waals surface area contributed by atoms with E-state index in [9.17, 15) is 9.59 Å². The molecule has 0 saturated carbocycles. The van der Waals surface area contributed by atoms with E-state index in [0.29, 0.717) is 0 Å². The lowest BCUT2D eigenvalue weighted by molar-refractivity contribution is -0.178. The fourth-order valence-electron chi connectivity index (χ4n) is 0.661. The predicted octanol–water partition coefficient (Wildman–Crippen LogP) is 1.26. The Labute approximate surface area is 83.5 Å². The van der Waals surface area contributed by atoms with Crippen LogP contribution in [0.15, 0.2) is 0 Å². The molecule has 0 spiro atoms. The molecule has 14 heavy (non-hydrogen) atoms. The zero-order valence-electron chi connectivity index (χ0n) is 8.94. The van der Waals surface area contributed by atoms with E-state index in [1.807, 2.05) is 0 Å². The summed E-state index contributed by atoms with van der Waals surface area (Å²) in [6.07, 6.45) is -1.84. The Morgan fingerprint density at radius 1 is 1.07 bits per heavy atom. The van der Waals surface area contributed by atoms with Gasteiger partial charge in [-0.15, -0.1) is 0 Å². The molecule has 0 rings (SSSR count). The normalized spacial score (nSPS) is 12.7. The highest BCUT2D eigenvalue weighted by molar-refractivity contribution is 5.72. The topological polar surface area (TPSA) is 78.6 Å². The monoisotopic (exact) mass is 203 g/mol. The van der Waals surface area contributed by atoms with Crippen LogP contribution in [0.5, 0.6) is 0 Å². The third-order valence-corrected chi connectivity index (χ3v) is 1.48. The first kappa shape index (κ1) is 12.7. The lowest BCUT2D eigenvalue weighted by Crippen LogP contribution is -2.32. The number of ether oxygens (including phenoxy) is 2. The molecule has 0 aromatic heterocycles. The highest BCUT2D eigenvalue weighted by Gasteiger charge is 2.22. The smallest absolute Gasteiger partial charge is 0.407 e. The molecule has 0 aliphatic rings. The second-order valence-corrected chi connectivity index (χ2v) is 3.64. The zero-order valence-corrected chi connectivity index (χ0v) is 8.94. The van der Waals surface area contributed by atoms with Crippen LogP contribution in [0.3, 0.4) is 0 Å². The van der Waals surface area contributed by atoms with Crippen LogP contribution in [0.25, 0.3) is 0 Å². The highest BCUT2D eigenvalue weighted by Crippen LogP contribution is 2.10. The Kier molecular flexibility index (Phi) is 4.97. The standard InChI is InChI=1S/C9H17NO4/c1-5(2)7(11)13-8(6(3)4)14-9(10)12/h5-6,8H,1-4H3,(H2,10,12). The summed E-state index contributed by atoms with van der Waals surface area (Å²) in [5.41, 5.74) is 4.83. The van der Waals surface area contributed by atoms with Crippen molar-refractivity contribution in [1.29, 1.82) is 0 Å². The Hall–Kier alpha value is -1.26. The maximum Gasteiger partial charge on any atom is 0.407 e. The molecule has 82 valence electrons. The number of nitrogens with two attached hydrogens (primary N) is 1. The molecule has 0 radical (unpaired) electrons. The van der Waals surface area contributed by atoms with Crippen LogP contribution in [-0.4, -0.2) is 18.4 Å². The molecule has 0 fully saturated rings. The molecule has 0 bridgehead atoms. The molecule has 0 heterocycles. The summed E-state index contributed by atoms with van der Waals surface area (Å²) in [7, 11) is 0. The van der Waals surface area contributed by atoms with E-state index in [2.05, 4.69) is 4.74 Å². The molecule has 0 aromatic carbocycles. The second kappa shape index (κ2) is 5.47. The molecule has 0 saturated heterocycles. The Morgan fingerprint density at radius 3 is 1.86 bits per heavy atom. The SMILES string of the molecule is CC(C)C(=O)OC(OC(N)=O)C(C)C. The molecule has 1 atom stereocenters. The van der Waals surface area contributed by atoms with E-state index in [1.165, 1.54) is 0 Å². The zero-order chi connectivity index (χ0) is 11.3. The Morgan fingerprint density at radius 2 is 1.57 bits per heavy atom. The number of hydrogen-bond acceptors (Lipinski definition) is 4. The van der Waals surface area contributed by atoms with E-state index in [-0.39, 0.29) is 11.8 Å². The molecular weight excluding hydrogens is 186 g/mol. The molecule has 1 unspecified atom stereocenters. The molecule has 5 nitrogen and oxygen atoms in total. The largest absolute Gasteiger partial charge is 0.425 e. The van der Waals surface area contributed by atoms with Gasteiger partial charge in [-0.25, -0.2) is 4.79 Å². The van der Waals surface area contributed by atoms with Crippen molar-refractivity contribution in [3.63, 3.8) is 0 Å². The van der Waals surface area contributed by atoms with Crippen molar-refractivity contribution >= 4 is 12.1 Å². The number of hydrogen-bond donors (Lipinski definition) is 1. The summed E-state index contributed by atoms with van der Waals surface area (Å²) in [5.74, 6) is -0.789. The van der Waals surface area contributed by atoms with Crippen LogP contribution in [0.2, 0.25) is 0 Å².